The van der Waals surface area contributed by atoms with E-state index in [0.29, 0.717) is 17.5 Å². The van der Waals surface area contributed by atoms with Crippen molar-refractivity contribution < 1.29 is 42.7 Å². The van der Waals surface area contributed by atoms with E-state index in [1.807, 2.05) is 93.6 Å². The van der Waals surface area contributed by atoms with E-state index in [2.05, 4.69) is 0 Å². The highest BCUT2D eigenvalue weighted by Crippen LogP contribution is 2.43. The molecule has 7 rings (SSSR count). The van der Waals surface area contributed by atoms with E-state index in [1.165, 1.54) is 11.8 Å². The minimum Gasteiger partial charge on any atom is -0.455 e. The van der Waals surface area contributed by atoms with Crippen LogP contribution in [-0.4, -0.2) is 66.9 Å². The van der Waals surface area contributed by atoms with Crippen LogP contribution in [0.3, 0.4) is 0 Å². The maximum atomic E-state index is 13.6. The summed E-state index contributed by atoms with van der Waals surface area (Å²) in [6, 6.07) is 37.4. The molecule has 0 bridgehead atoms. The summed E-state index contributed by atoms with van der Waals surface area (Å²) in [5, 5.41) is 0. The van der Waals surface area contributed by atoms with Gasteiger partial charge in [0.25, 0.3) is 0 Å². The van der Waals surface area contributed by atoms with Crippen LogP contribution in [0.1, 0.15) is 59.8 Å². The summed E-state index contributed by atoms with van der Waals surface area (Å²) in [7, 11) is 0. The van der Waals surface area contributed by atoms with Crippen molar-refractivity contribution in [1.82, 2.24) is 0 Å². The number of thioether (sulfide) groups is 1. The van der Waals surface area contributed by atoms with Gasteiger partial charge in [-0.05, 0) is 42.8 Å². The molecule has 0 spiro atoms. The van der Waals surface area contributed by atoms with E-state index in [1.54, 1.807) is 48.5 Å². The smallest absolute Gasteiger partial charge is 0.338 e. The Morgan fingerprint density at radius 2 is 1.23 bits per heavy atom. The molecule has 3 aliphatic heterocycles. The average Bonchev–Trinajstić information content (AvgIpc) is 3.19. The second-order valence-corrected chi connectivity index (χ2v) is 14.6. The van der Waals surface area contributed by atoms with Crippen molar-refractivity contribution in [3.8, 4) is 0 Å². The first-order chi connectivity index (χ1) is 25.4. The van der Waals surface area contributed by atoms with Gasteiger partial charge in [-0.15, -0.1) is 0 Å². The van der Waals surface area contributed by atoms with Crippen LogP contribution >= 0.6 is 11.8 Å². The minimum atomic E-state index is -0.988. The lowest BCUT2D eigenvalue weighted by atomic mass is 9.88. The van der Waals surface area contributed by atoms with E-state index in [0.717, 1.165) is 10.5 Å². The van der Waals surface area contributed by atoms with Crippen molar-refractivity contribution in [2.45, 2.75) is 86.7 Å². The maximum Gasteiger partial charge on any atom is 0.338 e. The quantitative estimate of drug-likeness (QED) is 0.150. The Labute approximate surface area is 308 Å². The fourth-order valence-corrected chi connectivity index (χ4v) is 8.30. The van der Waals surface area contributed by atoms with Crippen LogP contribution in [0.25, 0.3) is 0 Å². The third-order valence-electron chi connectivity index (χ3n) is 9.92. The molecule has 9 nitrogen and oxygen atoms in total. The van der Waals surface area contributed by atoms with Crippen molar-refractivity contribution >= 4 is 23.7 Å². The SMILES string of the molecule is CCC1OC(Sc2ccccc2)C(OC(=O)c2ccccc2)C(C)C1OC1OC2COC(c3ccccc3)OC2C(C)C1OC(=O)c1ccccc1. The summed E-state index contributed by atoms with van der Waals surface area (Å²) >= 11 is 1.51. The fourth-order valence-electron chi connectivity index (χ4n) is 7.09. The highest BCUT2D eigenvalue weighted by atomic mass is 32.2. The Hall–Kier alpha value is -4.03. The molecule has 272 valence electrons. The number of carbonyl (C=O) groups excluding carboxylic acids is 2. The van der Waals surface area contributed by atoms with Gasteiger partial charge in [-0.25, -0.2) is 9.59 Å². The monoisotopic (exact) mass is 724 g/mol. The molecule has 3 aliphatic rings. The molecule has 10 heteroatoms. The summed E-state index contributed by atoms with van der Waals surface area (Å²) in [6.07, 6.45) is -4.38. The zero-order chi connectivity index (χ0) is 36.0. The molecule has 3 fully saturated rings. The largest absolute Gasteiger partial charge is 0.455 e. The van der Waals surface area contributed by atoms with Crippen LogP contribution in [0.2, 0.25) is 0 Å². The lowest BCUT2D eigenvalue weighted by Crippen LogP contribution is -2.62. The van der Waals surface area contributed by atoms with Gasteiger partial charge in [-0.1, -0.05) is 117 Å². The second-order valence-electron chi connectivity index (χ2n) is 13.4. The minimum absolute atomic E-state index is 0.259. The molecule has 0 saturated carbocycles. The molecule has 11 atom stereocenters. The molecule has 52 heavy (non-hydrogen) atoms. The van der Waals surface area contributed by atoms with E-state index < -0.39 is 60.5 Å². The summed E-state index contributed by atoms with van der Waals surface area (Å²) < 4.78 is 45.4. The number of carbonyl (C=O) groups is 2. The Bertz CT molecular complexity index is 1740. The number of ether oxygens (including phenoxy) is 7. The van der Waals surface area contributed by atoms with Crippen molar-refractivity contribution in [3.05, 3.63) is 138 Å². The van der Waals surface area contributed by atoms with E-state index in [9.17, 15) is 9.59 Å². The highest BCUT2D eigenvalue weighted by molar-refractivity contribution is 7.99. The first-order valence-corrected chi connectivity index (χ1v) is 18.8. The zero-order valence-electron chi connectivity index (χ0n) is 29.4. The molecule has 4 aromatic carbocycles. The topological polar surface area (TPSA) is 98.8 Å². The maximum absolute atomic E-state index is 13.6. The normalized spacial score (nSPS) is 31.6. The van der Waals surface area contributed by atoms with Gasteiger partial charge in [-0.3, -0.25) is 0 Å². The van der Waals surface area contributed by atoms with Crippen LogP contribution in [-0.2, 0) is 33.2 Å². The summed E-state index contributed by atoms with van der Waals surface area (Å²) in [4.78, 5) is 28.1. The lowest BCUT2D eigenvalue weighted by molar-refractivity contribution is -0.365. The van der Waals surface area contributed by atoms with Crippen molar-refractivity contribution in [2.75, 3.05) is 6.61 Å². The van der Waals surface area contributed by atoms with Gasteiger partial charge in [0, 0.05) is 22.3 Å². The third kappa shape index (κ3) is 8.12. The Balaban J connectivity index is 1.16. The molecule has 0 radical (unpaired) electrons. The van der Waals surface area contributed by atoms with Crippen LogP contribution in [0.5, 0.6) is 0 Å². The van der Waals surface area contributed by atoms with Crippen molar-refractivity contribution in [2.24, 2.45) is 11.8 Å². The zero-order valence-corrected chi connectivity index (χ0v) is 30.2. The predicted molar refractivity (Wildman–Crippen MR) is 194 cm³/mol. The molecule has 0 amide bonds. The molecule has 0 N–H and O–H groups in total. The highest BCUT2D eigenvalue weighted by Gasteiger charge is 2.53. The van der Waals surface area contributed by atoms with E-state index >= 15 is 0 Å². The first kappa shape index (κ1) is 36.3. The van der Waals surface area contributed by atoms with Crippen LogP contribution in [0.15, 0.2) is 126 Å². The molecule has 3 saturated heterocycles. The molecule has 0 aliphatic carbocycles. The Morgan fingerprint density at radius 3 is 1.83 bits per heavy atom. The van der Waals surface area contributed by atoms with Crippen LogP contribution < -0.4 is 0 Å². The number of benzene rings is 4. The molecule has 11 unspecified atom stereocenters. The van der Waals surface area contributed by atoms with Gasteiger partial charge in [-0.2, -0.15) is 0 Å². The van der Waals surface area contributed by atoms with Gasteiger partial charge < -0.3 is 33.2 Å². The summed E-state index contributed by atoms with van der Waals surface area (Å²) in [5.74, 6) is -1.61. The molecule has 3 heterocycles. The molecular weight excluding hydrogens is 681 g/mol. The predicted octanol–water partition coefficient (Wildman–Crippen LogP) is 7.86. The van der Waals surface area contributed by atoms with Gasteiger partial charge in [0.15, 0.2) is 18.7 Å². The molecular formula is C42H44O9S. The fraction of sp³-hybridized carbons (Fsp3) is 0.381. The van der Waals surface area contributed by atoms with E-state index in [-0.39, 0.29) is 24.5 Å². The van der Waals surface area contributed by atoms with Gasteiger partial charge in [0.2, 0.25) is 0 Å². The van der Waals surface area contributed by atoms with Crippen LogP contribution in [0, 0.1) is 11.8 Å². The lowest BCUT2D eigenvalue weighted by Gasteiger charge is -2.50. The number of esters is 2. The molecule has 0 aromatic heterocycles. The summed E-state index contributed by atoms with van der Waals surface area (Å²) in [6.45, 7) is 6.29. The Kier molecular flexibility index (Phi) is 11.7. The van der Waals surface area contributed by atoms with Crippen molar-refractivity contribution in [3.63, 3.8) is 0 Å². The molecule has 4 aromatic rings. The number of rotatable bonds is 10. The van der Waals surface area contributed by atoms with Gasteiger partial charge in [0.1, 0.15) is 17.6 Å². The number of hydrogen-bond acceptors (Lipinski definition) is 10. The van der Waals surface area contributed by atoms with Crippen molar-refractivity contribution in [1.29, 1.82) is 0 Å². The third-order valence-corrected chi connectivity index (χ3v) is 11.1. The first-order valence-electron chi connectivity index (χ1n) is 17.9. The number of fused-ring (bicyclic) bond motifs is 1. The second kappa shape index (κ2) is 16.8. The van der Waals surface area contributed by atoms with E-state index in [4.69, 9.17) is 33.2 Å². The number of hydrogen-bond donors (Lipinski definition) is 0. The Morgan fingerprint density at radius 1 is 0.673 bits per heavy atom. The summed E-state index contributed by atoms with van der Waals surface area (Å²) in [5.41, 5.74) is 1.25. The standard InChI is InChI=1S/C42H44O9S/c1-4-32-34(27(3)37(49-39(44)29-19-11-6-12-20-29)42(47-32)52-31-23-15-8-16-24-31)51-41-36(48-38(43)28-17-9-5-10-18-28)26(2)35-33(46-41)25-45-40(50-35)30-21-13-7-14-22-30/h5-24,26-27,32-37,40-42H,4,25H2,1-3H3. The average molecular weight is 725 g/mol. The van der Waals surface area contributed by atoms with Gasteiger partial charge >= 0.3 is 11.9 Å². The van der Waals surface area contributed by atoms with Crippen LogP contribution in [0.4, 0.5) is 0 Å². The van der Waals surface area contributed by atoms with Gasteiger partial charge in [0.05, 0.1) is 36.0 Å².